The number of rotatable bonds is 44. The molecular formula is C51H103NO8S. The fourth-order valence-corrected chi connectivity index (χ4v) is 9.75. The third kappa shape index (κ3) is 33.6. The van der Waals surface area contributed by atoms with Crippen molar-refractivity contribution in [1.82, 2.24) is 5.32 Å². The molecule has 61 heavy (non-hydrogen) atoms. The maximum Gasteiger partial charge on any atom is 0.220 e. The van der Waals surface area contributed by atoms with Crippen molar-refractivity contribution < 1.29 is 39.8 Å². The quantitative estimate of drug-likeness (QED) is 0.0331. The van der Waals surface area contributed by atoms with E-state index in [0.717, 1.165) is 38.5 Å². The Bertz CT molecular complexity index is 967. The highest BCUT2D eigenvalue weighted by Gasteiger charge is 2.44. The highest BCUT2D eigenvalue weighted by Crippen LogP contribution is 2.35. The van der Waals surface area contributed by atoms with E-state index >= 15 is 0 Å². The lowest BCUT2D eigenvalue weighted by atomic mass is 9.99. The summed E-state index contributed by atoms with van der Waals surface area (Å²) in [7, 11) is -0.303. The molecule has 0 aromatic rings. The Morgan fingerprint density at radius 1 is 0.557 bits per heavy atom. The summed E-state index contributed by atoms with van der Waals surface area (Å²) in [5.41, 5.74) is 0. The molecule has 5 unspecified atom stereocenters. The van der Waals surface area contributed by atoms with Gasteiger partial charge in [-0.25, -0.2) is 10.0 Å². The second kappa shape index (κ2) is 39.9. The fraction of sp³-hybridized carbons (Fsp3) is 0.980. The van der Waals surface area contributed by atoms with E-state index in [-0.39, 0.29) is 22.5 Å². The minimum absolute atomic E-state index is 0.132. The Balaban J connectivity index is 2.18. The van der Waals surface area contributed by atoms with Gasteiger partial charge < -0.3 is 40.3 Å². The molecule has 1 heterocycles. The number of unbranched alkanes of at least 4 members (excludes halogenated alkanes) is 32. The van der Waals surface area contributed by atoms with Gasteiger partial charge in [0.2, 0.25) is 5.91 Å². The molecular weight excluding hydrogens is 787 g/mol. The van der Waals surface area contributed by atoms with Crippen molar-refractivity contribution in [2.24, 2.45) is 0 Å². The normalized spacial score (nSPS) is 20.8. The monoisotopic (exact) mass is 890 g/mol. The third-order valence-electron chi connectivity index (χ3n) is 12.9. The molecule has 1 saturated heterocycles. The Labute approximate surface area is 378 Å². The smallest absolute Gasteiger partial charge is 0.220 e. The summed E-state index contributed by atoms with van der Waals surface area (Å²) in [6, 6.07) is -0.712. The molecule has 7 atom stereocenters. The average molecular weight is 890 g/mol. The first-order chi connectivity index (χ1) is 29.5. The Morgan fingerprint density at radius 3 is 1.33 bits per heavy atom. The van der Waals surface area contributed by atoms with Gasteiger partial charge in [-0.15, -0.1) is 0 Å². The number of hydrogen-bond donors (Lipinski definition) is 6. The van der Waals surface area contributed by atoms with Crippen molar-refractivity contribution in [2.75, 3.05) is 37.7 Å². The molecule has 1 fully saturated rings. The predicted molar refractivity (Wildman–Crippen MR) is 260 cm³/mol. The number of aliphatic hydroxyl groups is 5. The van der Waals surface area contributed by atoms with Crippen LogP contribution >= 0.6 is 10.0 Å². The number of nitrogens with one attached hydrogen (secondary N) is 1. The standard InChI is InChI=1S/C51H103NO8S/c1-5-6-7-8-9-10-11-21-24-27-30-33-36-39-45(54)44(43-59-51-50(58)49(57)48(56)46(42-53)60-51)52-47(55)40-37-34-31-28-25-22-19-17-15-13-12-14-16-18-20-23-26-29-32-35-38-41-61(2,3)4/h44-46,48-51,53-54,56-58H,5-43H2,1-4H3,(H,52,55)/t44-,45+,46?,48?,49?,50?,51?/m0/s1. The van der Waals surface area contributed by atoms with Gasteiger partial charge in [0, 0.05) is 6.42 Å². The highest BCUT2D eigenvalue weighted by molar-refractivity contribution is 8.32. The lowest BCUT2D eigenvalue weighted by molar-refractivity contribution is -0.302. The number of carbonyl (C=O) groups excluding carboxylic acids is 1. The molecule has 0 saturated carbocycles. The van der Waals surface area contributed by atoms with E-state index < -0.39 is 49.5 Å². The summed E-state index contributed by atoms with van der Waals surface area (Å²) in [5.74, 6) is 1.30. The average Bonchev–Trinajstić information content (AvgIpc) is 3.23. The summed E-state index contributed by atoms with van der Waals surface area (Å²) in [6.45, 7) is 1.57. The van der Waals surface area contributed by atoms with Crippen molar-refractivity contribution in [3.8, 4) is 0 Å². The van der Waals surface area contributed by atoms with Crippen LogP contribution in [0.4, 0.5) is 0 Å². The van der Waals surface area contributed by atoms with E-state index in [1.54, 1.807) is 0 Å². The van der Waals surface area contributed by atoms with Gasteiger partial charge in [0.05, 0.1) is 25.4 Å². The van der Waals surface area contributed by atoms with Gasteiger partial charge in [-0.05, 0) is 43.8 Å². The Kier molecular flexibility index (Phi) is 38.3. The minimum atomic E-state index is -1.55. The molecule has 0 bridgehead atoms. The summed E-state index contributed by atoms with van der Waals surface area (Å²) in [6.07, 6.45) is 44.3. The topological polar surface area (TPSA) is 149 Å². The Morgan fingerprint density at radius 2 is 0.934 bits per heavy atom. The second-order valence-electron chi connectivity index (χ2n) is 19.8. The summed E-state index contributed by atoms with van der Waals surface area (Å²) in [5, 5.41) is 54.5. The number of amides is 1. The molecule has 1 rings (SSSR count). The van der Waals surface area contributed by atoms with Gasteiger partial charge >= 0.3 is 0 Å². The van der Waals surface area contributed by atoms with Crippen molar-refractivity contribution in [1.29, 1.82) is 0 Å². The zero-order chi connectivity index (χ0) is 44.8. The molecule has 0 aliphatic carbocycles. The number of aliphatic hydroxyl groups excluding tert-OH is 5. The first kappa shape index (κ1) is 58.6. The predicted octanol–water partition coefficient (Wildman–Crippen LogP) is 11.4. The van der Waals surface area contributed by atoms with E-state index in [9.17, 15) is 30.3 Å². The van der Waals surface area contributed by atoms with Crippen LogP contribution in [0.5, 0.6) is 0 Å². The van der Waals surface area contributed by atoms with Crippen LogP contribution in [0.3, 0.4) is 0 Å². The fourth-order valence-electron chi connectivity index (χ4n) is 8.68. The van der Waals surface area contributed by atoms with Gasteiger partial charge in [0.15, 0.2) is 6.29 Å². The molecule has 1 aliphatic rings. The largest absolute Gasteiger partial charge is 0.394 e. The van der Waals surface area contributed by atoms with Crippen LogP contribution in [0.2, 0.25) is 0 Å². The summed E-state index contributed by atoms with van der Waals surface area (Å²) < 4.78 is 11.3. The van der Waals surface area contributed by atoms with E-state index in [1.165, 1.54) is 186 Å². The van der Waals surface area contributed by atoms with E-state index in [2.05, 4.69) is 31.0 Å². The van der Waals surface area contributed by atoms with Crippen molar-refractivity contribution in [3.05, 3.63) is 0 Å². The van der Waals surface area contributed by atoms with Crippen molar-refractivity contribution in [3.63, 3.8) is 0 Å². The molecule has 1 aliphatic heterocycles. The SMILES string of the molecule is CCCCCCCCCCCCCCC[C@@H](O)[C@H](COC1OC(CO)C(O)C(O)C1O)NC(=O)CCCCCCCCCCCCCCCCCCCCCCCS(C)(C)C. The molecule has 9 nitrogen and oxygen atoms in total. The molecule has 1 amide bonds. The molecule has 366 valence electrons. The summed E-state index contributed by atoms with van der Waals surface area (Å²) in [4.78, 5) is 13.0. The first-order valence-corrected chi connectivity index (χ1v) is 29.1. The number of carbonyl (C=O) groups is 1. The van der Waals surface area contributed by atoms with Gasteiger partial charge in [-0.3, -0.25) is 4.79 Å². The van der Waals surface area contributed by atoms with Gasteiger partial charge in [0.25, 0.3) is 0 Å². The number of hydrogen-bond acceptors (Lipinski definition) is 8. The molecule has 0 spiro atoms. The van der Waals surface area contributed by atoms with Crippen LogP contribution in [0.15, 0.2) is 0 Å². The molecule has 10 heteroatoms. The van der Waals surface area contributed by atoms with E-state index in [1.807, 2.05) is 0 Å². The molecule has 6 N–H and O–H groups in total. The second-order valence-corrected chi connectivity index (χ2v) is 24.4. The van der Waals surface area contributed by atoms with Crippen LogP contribution in [0, 0.1) is 0 Å². The lowest BCUT2D eigenvalue weighted by Crippen LogP contribution is -2.60. The van der Waals surface area contributed by atoms with Gasteiger partial charge in [-0.1, -0.05) is 212 Å². The van der Waals surface area contributed by atoms with E-state index in [0.29, 0.717) is 12.8 Å². The van der Waals surface area contributed by atoms with Gasteiger partial charge in [0.1, 0.15) is 24.4 Å². The zero-order valence-electron chi connectivity index (χ0n) is 40.5. The minimum Gasteiger partial charge on any atom is -0.394 e. The first-order valence-electron chi connectivity index (χ1n) is 26.1. The molecule has 0 radical (unpaired) electrons. The summed E-state index contributed by atoms with van der Waals surface area (Å²) >= 11 is 0. The van der Waals surface area contributed by atoms with Crippen molar-refractivity contribution >= 4 is 15.9 Å². The van der Waals surface area contributed by atoms with Crippen LogP contribution in [0.1, 0.15) is 238 Å². The number of ether oxygens (including phenoxy) is 2. The molecule has 0 aromatic carbocycles. The van der Waals surface area contributed by atoms with Crippen LogP contribution in [-0.2, 0) is 14.3 Å². The lowest BCUT2D eigenvalue weighted by Gasteiger charge is -2.40. The van der Waals surface area contributed by atoms with Crippen LogP contribution in [0.25, 0.3) is 0 Å². The van der Waals surface area contributed by atoms with Gasteiger partial charge in [-0.2, -0.15) is 0 Å². The van der Waals surface area contributed by atoms with Crippen LogP contribution < -0.4 is 5.32 Å². The maximum absolute atomic E-state index is 13.0. The molecule has 0 aromatic heterocycles. The Hall–Kier alpha value is -0.460. The van der Waals surface area contributed by atoms with Crippen LogP contribution in [-0.4, -0.2) is 112 Å². The van der Waals surface area contributed by atoms with E-state index in [4.69, 9.17) is 9.47 Å². The zero-order valence-corrected chi connectivity index (χ0v) is 41.3. The van der Waals surface area contributed by atoms with Crippen molar-refractivity contribution in [2.45, 2.75) is 281 Å². The third-order valence-corrected chi connectivity index (χ3v) is 14.4. The maximum atomic E-state index is 13.0. The highest BCUT2D eigenvalue weighted by atomic mass is 32.3.